The van der Waals surface area contributed by atoms with Gasteiger partial charge in [0.25, 0.3) is 0 Å². The highest BCUT2D eigenvalue weighted by molar-refractivity contribution is 6.43. The van der Waals surface area contributed by atoms with Crippen LogP contribution < -0.4 is 0 Å². The van der Waals surface area contributed by atoms with Gasteiger partial charge in [0.1, 0.15) is 0 Å². The molecule has 1 aliphatic rings. The van der Waals surface area contributed by atoms with Crippen LogP contribution in [0.2, 0.25) is 10.0 Å². The van der Waals surface area contributed by atoms with Crippen molar-refractivity contribution in [1.29, 1.82) is 0 Å². The third-order valence-electron chi connectivity index (χ3n) is 2.65. The highest BCUT2D eigenvalue weighted by atomic mass is 35.5. The molecule has 0 atom stereocenters. The minimum absolute atomic E-state index is 0.648. The molecule has 0 saturated carbocycles. The molecule has 13 heavy (non-hydrogen) atoms. The molecule has 0 nitrogen and oxygen atoms in total. The SMILES string of the molecule is CC1=C(C)c2c(ccc(Cl)c2Cl)C1. The average molecular weight is 213 g/mol. The molecule has 2 rings (SSSR count). The molecule has 2 heteroatoms. The molecule has 0 aromatic heterocycles. The molecule has 0 saturated heterocycles. The van der Waals surface area contributed by atoms with Crippen molar-refractivity contribution in [3.8, 4) is 0 Å². The van der Waals surface area contributed by atoms with Crippen molar-refractivity contribution in [1.82, 2.24) is 0 Å². The van der Waals surface area contributed by atoms with E-state index in [1.807, 2.05) is 6.07 Å². The maximum absolute atomic E-state index is 6.13. The molecular formula is C11H10Cl2. The summed E-state index contributed by atoms with van der Waals surface area (Å²) in [5.41, 5.74) is 5.11. The Morgan fingerprint density at radius 2 is 1.85 bits per heavy atom. The molecule has 1 aromatic rings. The van der Waals surface area contributed by atoms with Crippen LogP contribution in [-0.2, 0) is 6.42 Å². The van der Waals surface area contributed by atoms with Crippen LogP contribution in [0.25, 0.3) is 5.57 Å². The van der Waals surface area contributed by atoms with Gasteiger partial charge in [-0.1, -0.05) is 34.8 Å². The van der Waals surface area contributed by atoms with E-state index in [2.05, 4.69) is 19.9 Å². The monoisotopic (exact) mass is 212 g/mol. The van der Waals surface area contributed by atoms with Gasteiger partial charge in [-0.25, -0.2) is 0 Å². The quantitative estimate of drug-likeness (QED) is 0.601. The van der Waals surface area contributed by atoms with E-state index in [1.165, 1.54) is 16.7 Å². The van der Waals surface area contributed by atoms with E-state index in [0.717, 1.165) is 12.0 Å². The first-order chi connectivity index (χ1) is 6.11. The molecule has 0 N–H and O–H groups in total. The van der Waals surface area contributed by atoms with Gasteiger partial charge in [-0.3, -0.25) is 0 Å². The molecular weight excluding hydrogens is 203 g/mol. The van der Waals surface area contributed by atoms with E-state index >= 15 is 0 Å². The lowest BCUT2D eigenvalue weighted by atomic mass is 10.1. The molecule has 68 valence electrons. The Labute approximate surface area is 88.2 Å². The van der Waals surface area contributed by atoms with Gasteiger partial charge in [-0.2, -0.15) is 0 Å². The Bertz CT molecular complexity index is 403. The molecule has 1 aliphatic carbocycles. The van der Waals surface area contributed by atoms with Crippen molar-refractivity contribution in [3.63, 3.8) is 0 Å². The molecule has 0 fully saturated rings. The molecule has 0 spiro atoms. The maximum Gasteiger partial charge on any atom is 0.0670 e. The zero-order valence-corrected chi connectivity index (χ0v) is 9.13. The fourth-order valence-electron chi connectivity index (χ4n) is 1.78. The van der Waals surface area contributed by atoms with Crippen LogP contribution in [0.3, 0.4) is 0 Å². The highest BCUT2D eigenvalue weighted by Crippen LogP contribution is 2.40. The molecule has 0 amide bonds. The van der Waals surface area contributed by atoms with Crippen LogP contribution in [0.4, 0.5) is 0 Å². The lowest BCUT2D eigenvalue weighted by Gasteiger charge is -2.05. The van der Waals surface area contributed by atoms with Crippen LogP contribution in [0, 0.1) is 0 Å². The molecule has 1 aromatic carbocycles. The molecule has 0 heterocycles. The van der Waals surface area contributed by atoms with Crippen LogP contribution >= 0.6 is 23.2 Å². The number of benzene rings is 1. The van der Waals surface area contributed by atoms with Crippen LogP contribution in [0.15, 0.2) is 17.7 Å². The maximum atomic E-state index is 6.13. The van der Waals surface area contributed by atoms with E-state index < -0.39 is 0 Å². The minimum atomic E-state index is 0.648. The van der Waals surface area contributed by atoms with E-state index in [0.29, 0.717) is 10.0 Å². The Hall–Kier alpha value is -0.460. The van der Waals surface area contributed by atoms with Gasteiger partial charge in [0.05, 0.1) is 10.0 Å². The van der Waals surface area contributed by atoms with E-state index in [9.17, 15) is 0 Å². The second-order valence-corrected chi connectivity index (χ2v) is 4.26. The summed E-state index contributed by atoms with van der Waals surface area (Å²) in [7, 11) is 0. The summed E-state index contributed by atoms with van der Waals surface area (Å²) in [6, 6.07) is 3.93. The minimum Gasteiger partial charge on any atom is -0.0827 e. The number of rotatable bonds is 0. The van der Waals surface area contributed by atoms with Crippen molar-refractivity contribution in [2.24, 2.45) is 0 Å². The third kappa shape index (κ3) is 1.29. The van der Waals surface area contributed by atoms with Crippen molar-refractivity contribution in [3.05, 3.63) is 38.9 Å². The standard InChI is InChI=1S/C11H10Cl2/c1-6-5-8-3-4-9(12)11(13)10(8)7(6)2/h3-4H,5H2,1-2H3. The first-order valence-electron chi connectivity index (χ1n) is 4.25. The molecule has 0 aliphatic heterocycles. The Morgan fingerprint density at radius 3 is 2.54 bits per heavy atom. The van der Waals surface area contributed by atoms with Gasteiger partial charge in [-0.15, -0.1) is 0 Å². The van der Waals surface area contributed by atoms with Crippen molar-refractivity contribution >= 4 is 28.8 Å². The summed E-state index contributed by atoms with van der Waals surface area (Å²) in [6.45, 7) is 4.24. The summed E-state index contributed by atoms with van der Waals surface area (Å²) in [5.74, 6) is 0. The van der Waals surface area contributed by atoms with Crippen LogP contribution in [0.1, 0.15) is 25.0 Å². The van der Waals surface area contributed by atoms with Crippen molar-refractivity contribution in [2.75, 3.05) is 0 Å². The zero-order chi connectivity index (χ0) is 9.59. The first-order valence-corrected chi connectivity index (χ1v) is 5.00. The lowest BCUT2D eigenvalue weighted by Crippen LogP contribution is -1.85. The molecule has 0 radical (unpaired) electrons. The van der Waals surface area contributed by atoms with E-state index in [1.54, 1.807) is 0 Å². The summed E-state index contributed by atoms with van der Waals surface area (Å²) in [4.78, 5) is 0. The summed E-state index contributed by atoms with van der Waals surface area (Å²) in [5, 5.41) is 1.35. The van der Waals surface area contributed by atoms with Gasteiger partial charge in [0.2, 0.25) is 0 Å². The summed E-state index contributed by atoms with van der Waals surface area (Å²) in [6.07, 6.45) is 1.01. The molecule has 0 unspecified atom stereocenters. The van der Waals surface area contributed by atoms with Crippen LogP contribution in [-0.4, -0.2) is 0 Å². The van der Waals surface area contributed by atoms with E-state index in [4.69, 9.17) is 23.2 Å². The fourth-order valence-corrected chi connectivity index (χ4v) is 2.26. The van der Waals surface area contributed by atoms with Gasteiger partial charge in [-0.05, 0) is 37.5 Å². The fraction of sp³-hybridized carbons (Fsp3) is 0.273. The number of halogens is 2. The predicted molar refractivity (Wildman–Crippen MR) is 58.4 cm³/mol. The summed E-state index contributed by atoms with van der Waals surface area (Å²) < 4.78 is 0. The average Bonchev–Trinajstić information content (AvgIpc) is 2.37. The summed E-state index contributed by atoms with van der Waals surface area (Å²) >= 11 is 12.1. The van der Waals surface area contributed by atoms with Gasteiger partial charge in [0.15, 0.2) is 0 Å². The lowest BCUT2D eigenvalue weighted by molar-refractivity contribution is 1.19. The van der Waals surface area contributed by atoms with E-state index in [-0.39, 0.29) is 0 Å². The number of allylic oxidation sites excluding steroid dienone is 2. The largest absolute Gasteiger partial charge is 0.0827 e. The second kappa shape index (κ2) is 3.04. The number of fused-ring (bicyclic) bond motifs is 1. The molecule has 0 bridgehead atoms. The third-order valence-corrected chi connectivity index (χ3v) is 3.46. The van der Waals surface area contributed by atoms with Gasteiger partial charge in [0, 0.05) is 5.56 Å². The van der Waals surface area contributed by atoms with Crippen molar-refractivity contribution < 1.29 is 0 Å². The Morgan fingerprint density at radius 1 is 1.15 bits per heavy atom. The van der Waals surface area contributed by atoms with Gasteiger partial charge >= 0.3 is 0 Å². The first kappa shape index (κ1) is 9.11. The topological polar surface area (TPSA) is 0 Å². The smallest absolute Gasteiger partial charge is 0.0670 e. The normalized spacial score (nSPS) is 15.1. The number of hydrogen-bond donors (Lipinski definition) is 0. The predicted octanol–water partition coefficient (Wildman–Crippen LogP) is 4.34. The second-order valence-electron chi connectivity index (χ2n) is 3.48. The Balaban J connectivity index is 2.71. The zero-order valence-electron chi connectivity index (χ0n) is 7.62. The van der Waals surface area contributed by atoms with Crippen LogP contribution in [0.5, 0.6) is 0 Å². The Kier molecular flexibility index (Phi) is 2.13. The van der Waals surface area contributed by atoms with Gasteiger partial charge < -0.3 is 0 Å². The highest BCUT2D eigenvalue weighted by Gasteiger charge is 2.19. The van der Waals surface area contributed by atoms with Crippen molar-refractivity contribution in [2.45, 2.75) is 20.3 Å². The number of hydrogen-bond acceptors (Lipinski definition) is 0.